The highest BCUT2D eigenvalue weighted by Gasteiger charge is 2.18. The van der Waals surface area contributed by atoms with E-state index in [9.17, 15) is 5.21 Å². The van der Waals surface area contributed by atoms with Gasteiger partial charge in [0, 0.05) is 14.1 Å². The number of fused-ring (bicyclic) bond motifs is 1. The Labute approximate surface area is 92.8 Å². The zero-order valence-corrected chi connectivity index (χ0v) is 9.42. The van der Waals surface area contributed by atoms with Crippen LogP contribution in [0.2, 0.25) is 0 Å². The summed E-state index contributed by atoms with van der Waals surface area (Å²) in [7, 11) is 5.27. The molecule has 0 radical (unpaired) electrons. The fourth-order valence-corrected chi connectivity index (χ4v) is 1.75. The molecule has 0 atom stereocenters. The second-order valence-electron chi connectivity index (χ2n) is 3.31. The Hall–Kier alpha value is -2.11. The summed E-state index contributed by atoms with van der Waals surface area (Å²) in [6.45, 7) is 0. The van der Waals surface area contributed by atoms with Crippen LogP contribution in [0.1, 0.15) is 0 Å². The van der Waals surface area contributed by atoms with Crippen molar-refractivity contribution in [2.24, 2.45) is 0 Å². The van der Waals surface area contributed by atoms with Crippen molar-refractivity contribution in [1.29, 1.82) is 0 Å². The lowest BCUT2D eigenvalue weighted by Gasteiger charge is -2.06. The Morgan fingerprint density at radius 3 is 2.25 bits per heavy atom. The molecule has 2 rings (SSSR count). The molecule has 0 aliphatic heterocycles. The average molecular weight is 222 g/mol. The van der Waals surface area contributed by atoms with E-state index in [1.54, 1.807) is 21.1 Å². The molecule has 1 aromatic heterocycles. The summed E-state index contributed by atoms with van der Waals surface area (Å²) in [4.78, 5) is 0.479. The van der Waals surface area contributed by atoms with Crippen LogP contribution >= 0.6 is 0 Å². The summed E-state index contributed by atoms with van der Waals surface area (Å²) in [5.41, 5.74) is 2.16. The van der Waals surface area contributed by atoms with Gasteiger partial charge < -0.3 is 20.4 Å². The van der Waals surface area contributed by atoms with Crippen molar-refractivity contribution in [3.63, 3.8) is 0 Å². The van der Waals surface area contributed by atoms with E-state index in [1.165, 1.54) is 0 Å². The Morgan fingerprint density at radius 2 is 1.69 bits per heavy atom. The highest BCUT2D eigenvalue weighted by molar-refractivity contribution is 6.03. The largest absolute Gasteiger partial charge is 0.437 e. The van der Waals surface area contributed by atoms with Crippen LogP contribution < -0.4 is 20.9 Å². The van der Waals surface area contributed by atoms with Crippen molar-refractivity contribution in [1.82, 2.24) is 0 Å². The number of rotatable bonds is 3. The Kier molecular flexibility index (Phi) is 2.47. The van der Waals surface area contributed by atoms with E-state index < -0.39 is 0 Å². The molecule has 0 unspecified atom stereocenters. The summed E-state index contributed by atoms with van der Waals surface area (Å²) in [6, 6.07) is 3.75. The molecule has 0 amide bonds. The normalized spacial score (nSPS) is 10.4. The summed E-state index contributed by atoms with van der Waals surface area (Å²) in [6.07, 6.45) is 0. The number of nitrogens with one attached hydrogen (secondary N) is 3. The van der Waals surface area contributed by atoms with E-state index in [-0.39, 0.29) is 0 Å². The third-order valence-corrected chi connectivity index (χ3v) is 2.53. The minimum Gasteiger partial charge on any atom is -0.437 e. The zero-order chi connectivity index (χ0) is 11.7. The van der Waals surface area contributed by atoms with E-state index >= 15 is 0 Å². The van der Waals surface area contributed by atoms with Gasteiger partial charge in [0.1, 0.15) is 5.39 Å². The smallest absolute Gasteiger partial charge is 0.325 e. The fraction of sp³-hybridized carbons (Fsp3) is 0.300. The van der Waals surface area contributed by atoms with Crippen LogP contribution in [0, 0.1) is 5.21 Å². The van der Waals surface area contributed by atoms with Gasteiger partial charge in [-0.2, -0.15) is 0 Å². The van der Waals surface area contributed by atoms with Crippen LogP contribution in [-0.2, 0) is 0 Å². The molecule has 3 N–H and O–H groups in total. The topological polar surface area (TPSA) is 76.2 Å². The van der Waals surface area contributed by atoms with Gasteiger partial charge in [0.05, 0.1) is 24.0 Å². The summed E-state index contributed by atoms with van der Waals surface area (Å²) < 4.78 is 5.15. The van der Waals surface area contributed by atoms with E-state index in [1.807, 2.05) is 12.1 Å². The number of nitrogens with zero attached hydrogens (tertiary/aromatic N) is 1. The molecule has 0 fully saturated rings. The van der Waals surface area contributed by atoms with E-state index in [2.05, 4.69) is 16.0 Å². The molecular weight excluding hydrogens is 208 g/mol. The monoisotopic (exact) mass is 222 g/mol. The van der Waals surface area contributed by atoms with Crippen molar-refractivity contribution < 1.29 is 9.43 Å². The van der Waals surface area contributed by atoms with Crippen LogP contribution in [0.5, 0.6) is 0 Å². The molecule has 86 valence electrons. The number of anilines is 3. The van der Waals surface area contributed by atoms with Crippen molar-refractivity contribution in [2.75, 3.05) is 37.1 Å². The molecule has 0 bridgehead atoms. The van der Waals surface area contributed by atoms with Gasteiger partial charge >= 0.3 is 5.82 Å². The molecule has 6 nitrogen and oxygen atoms in total. The van der Waals surface area contributed by atoms with E-state index in [0.717, 1.165) is 16.8 Å². The van der Waals surface area contributed by atoms with Gasteiger partial charge in [-0.25, -0.2) is 0 Å². The molecule has 1 aromatic carbocycles. The van der Waals surface area contributed by atoms with Crippen LogP contribution in [0.25, 0.3) is 11.0 Å². The Bertz CT molecular complexity index is 521. The molecule has 6 heteroatoms. The first-order valence-corrected chi connectivity index (χ1v) is 4.95. The maximum absolute atomic E-state index is 11.5. The van der Waals surface area contributed by atoms with Crippen LogP contribution in [0.4, 0.5) is 17.2 Å². The lowest BCUT2D eigenvalue weighted by atomic mass is 10.2. The van der Waals surface area contributed by atoms with Crippen LogP contribution in [0.15, 0.2) is 16.7 Å². The second-order valence-corrected chi connectivity index (χ2v) is 3.31. The second kappa shape index (κ2) is 3.80. The number of aromatic nitrogens is 1. The molecule has 2 aromatic rings. The average Bonchev–Trinajstić information content (AvgIpc) is 2.64. The van der Waals surface area contributed by atoms with E-state index in [4.69, 9.17) is 4.52 Å². The van der Waals surface area contributed by atoms with E-state index in [0.29, 0.717) is 16.3 Å². The highest BCUT2D eigenvalue weighted by atomic mass is 16.7. The van der Waals surface area contributed by atoms with Crippen molar-refractivity contribution in [3.8, 4) is 0 Å². The minimum atomic E-state index is 0.399. The highest BCUT2D eigenvalue weighted by Crippen LogP contribution is 2.33. The van der Waals surface area contributed by atoms with Gasteiger partial charge in [-0.3, -0.25) is 5.32 Å². The standard InChI is InChI=1S/C10H14N4O2/c1-11-6-4-5-7(12-2)9-8(6)10(13-3)14(15)16-9/h4-5,11-13H,1-3H3. The number of hydrogen-bond acceptors (Lipinski definition) is 5. The van der Waals surface area contributed by atoms with Gasteiger partial charge in [-0.05, 0) is 17.0 Å². The number of hydrogen-bond donors (Lipinski definition) is 3. The molecule has 16 heavy (non-hydrogen) atoms. The molecule has 0 aliphatic rings. The predicted molar refractivity (Wildman–Crippen MR) is 63.8 cm³/mol. The van der Waals surface area contributed by atoms with Gasteiger partial charge in [-0.15, -0.1) is 0 Å². The molecule has 0 aliphatic carbocycles. The van der Waals surface area contributed by atoms with Gasteiger partial charge in [0.2, 0.25) is 0 Å². The molecule has 0 saturated heterocycles. The Morgan fingerprint density at radius 1 is 1.06 bits per heavy atom. The molecular formula is C10H14N4O2. The zero-order valence-electron chi connectivity index (χ0n) is 9.42. The van der Waals surface area contributed by atoms with Gasteiger partial charge in [0.15, 0.2) is 0 Å². The third-order valence-electron chi connectivity index (χ3n) is 2.53. The first-order chi connectivity index (χ1) is 7.72. The minimum absolute atomic E-state index is 0.399. The molecule has 0 saturated carbocycles. The number of benzene rings is 1. The van der Waals surface area contributed by atoms with Gasteiger partial charge in [-0.1, -0.05) is 0 Å². The summed E-state index contributed by atoms with van der Waals surface area (Å²) in [5, 5.41) is 21.1. The first-order valence-electron chi connectivity index (χ1n) is 4.95. The lowest BCUT2D eigenvalue weighted by molar-refractivity contribution is -0.776. The maximum Gasteiger partial charge on any atom is 0.325 e. The SMILES string of the molecule is CNc1ccc(NC)c2c(NC)[n+]([O-])oc12. The first kappa shape index (κ1) is 10.4. The Balaban J connectivity index is 2.85. The van der Waals surface area contributed by atoms with Crippen molar-refractivity contribution in [2.45, 2.75) is 0 Å². The predicted octanol–water partition coefficient (Wildman–Crippen LogP) is 1.19. The molecule has 1 heterocycles. The van der Waals surface area contributed by atoms with Crippen LogP contribution in [0.3, 0.4) is 0 Å². The fourth-order valence-electron chi connectivity index (χ4n) is 1.75. The lowest BCUT2D eigenvalue weighted by Crippen LogP contribution is -2.26. The summed E-state index contributed by atoms with van der Waals surface area (Å²) >= 11 is 0. The third kappa shape index (κ3) is 1.30. The van der Waals surface area contributed by atoms with Crippen molar-refractivity contribution in [3.05, 3.63) is 17.3 Å². The quantitative estimate of drug-likeness (QED) is 0.680. The van der Waals surface area contributed by atoms with Crippen LogP contribution in [-0.4, -0.2) is 21.1 Å². The van der Waals surface area contributed by atoms with Gasteiger partial charge in [0.25, 0.3) is 0 Å². The maximum atomic E-state index is 11.5. The summed E-state index contributed by atoms with van der Waals surface area (Å²) in [5.74, 6) is 0.399. The van der Waals surface area contributed by atoms with Crippen molar-refractivity contribution >= 4 is 28.2 Å². The molecule has 0 spiro atoms.